The number of carbonyl (C=O) groups excluding carboxylic acids is 1. The number of methoxy groups -OCH3 is 1. The van der Waals surface area contributed by atoms with Crippen molar-refractivity contribution in [3.8, 4) is 16.2 Å². The van der Waals surface area contributed by atoms with Crippen LogP contribution in [0.25, 0.3) is 21.3 Å². The molecule has 0 bridgehead atoms. The zero-order chi connectivity index (χ0) is 19.6. The SMILES string of the molecule is COc1c(-c2cc3c(s2)CC(C)C3)ccc2c(=O)c(C(C)=O)cn(C3CC3)c12. The number of nitrogens with zero attached hydrogens (tertiary/aromatic N) is 1. The number of pyridine rings is 1. The van der Waals surface area contributed by atoms with E-state index >= 15 is 0 Å². The molecule has 1 aromatic carbocycles. The first-order chi connectivity index (χ1) is 13.5. The van der Waals surface area contributed by atoms with Gasteiger partial charge in [0.05, 0.1) is 23.6 Å². The lowest BCUT2D eigenvalue weighted by Gasteiger charge is -2.17. The van der Waals surface area contributed by atoms with Gasteiger partial charge >= 0.3 is 0 Å². The molecule has 0 radical (unpaired) electrons. The summed E-state index contributed by atoms with van der Waals surface area (Å²) in [4.78, 5) is 27.6. The van der Waals surface area contributed by atoms with Crippen molar-refractivity contribution >= 4 is 28.0 Å². The topological polar surface area (TPSA) is 48.3 Å². The number of ketones is 1. The summed E-state index contributed by atoms with van der Waals surface area (Å²) in [6.07, 6.45) is 6.15. The molecule has 1 atom stereocenters. The fourth-order valence-electron chi connectivity index (χ4n) is 4.42. The molecule has 3 aromatic rings. The second kappa shape index (κ2) is 6.31. The first-order valence-electron chi connectivity index (χ1n) is 9.86. The van der Waals surface area contributed by atoms with E-state index in [1.54, 1.807) is 13.3 Å². The van der Waals surface area contributed by atoms with Crippen LogP contribution in [0.4, 0.5) is 0 Å². The number of hydrogen-bond acceptors (Lipinski definition) is 4. The summed E-state index contributed by atoms with van der Waals surface area (Å²) in [6.45, 7) is 3.75. The molecule has 5 heteroatoms. The third kappa shape index (κ3) is 2.64. The van der Waals surface area contributed by atoms with Gasteiger partial charge in [-0.25, -0.2) is 0 Å². The molecular formula is C23H23NO3S. The minimum absolute atomic E-state index is 0.187. The van der Waals surface area contributed by atoms with Crippen LogP contribution >= 0.6 is 11.3 Å². The fourth-order valence-corrected chi connectivity index (χ4v) is 5.80. The van der Waals surface area contributed by atoms with Gasteiger partial charge in [0.25, 0.3) is 0 Å². The van der Waals surface area contributed by atoms with Gasteiger partial charge in [-0.05, 0) is 62.3 Å². The van der Waals surface area contributed by atoms with E-state index in [2.05, 4.69) is 17.6 Å². The molecule has 2 aliphatic carbocycles. The molecule has 2 heterocycles. The monoisotopic (exact) mass is 393 g/mol. The summed E-state index contributed by atoms with van der Waals surface area (Å²) in [5.74, 6) is 1.27. The molecule has 1 fully saturated rings. The van der Waals surface area contributed by atoms with E-state index in [-0.39, 0.29) is 16.8 Å². The summed E-state index contributed by atoms with van der Waals surface area (Å²) in [6, 6.07) is 6.47. The predicted octanol–water partition coefficient (Wildman–Crippen LogP) is 5.01. The summed E-state index contributed by atoms with van der Waals surface area (Å²) in [5, 5.41) is 0.568. The average molecular weight is 394 g/mol. The van der Waals surface area contributed by atoms with Gasteiger partial charge in [0.15, 0.2) is 17.0 Å². The van der Waals surface area contributed by atoms with E-state index < -0.39 is 0 Å². The lowest BCUT2D eigenvalue weighted by Crippen LogP contribution is -2.18. The highest BCUT2D eigenvalue weighted by Gasteiger charge is 2.29. The van der Waals surface area contributed by atoms with E-state index in [0.717, 1.165) is 48.4 Å². The van der Waals surface area contributed by atoms with E-state index in [0.29, 0.717) is 11.4 Å². The molecule has 144 valence electrons. The minimum Gasteiger partial charge on any atom is -0.494 e. The van der Waals surface area contributed by atoms with Crippen LogP contribution in [-0.4, -0.2) is 17.5 Å². The summed E-state index contributed by atoms with van der Waals surface area (Å²) in [5.41, 5.74) is 3.36. The Bertz CT molecular complexity index is 1160. The van der Waals surface area contributed by atoms with Crippen LogP contribution in [0.3, 0.4) is 0 Å². The average Bonchev–Trinajstić information content (AvgIpc) is 3.34. The number of Topliss-reactive ketones (excluding diaryl/α,β-unsaturated/α-hetero) is 1. The van der Waals surface area contributed by atoms with Crippen LogP contribution in [0.15, 0.2) is 29.2 Å². The standard InChI is InChI=1S/C23H23NO3S/c1-12-8-14-10-20(28-19(14)9-12)16-6-7-17-21(23(16)27-3)24(15-4-5-15)11-18(13(2)25)22(17)26/h6-7,10-12,15H,4-5,8-9H2,1-3H3. The number of carbonyl (C=O) groups is 1. The van der Waals surface area contributed by atoms with Crippen molar-refractivity contribution in [1.82, 2.24) is 4.57 Å². The number of ether oxygens (including phenoxy) is 1. The van der Waals surface area contributed by atoms with Crippen molar-refractivity contribution in [2.75, 3.05) is 7.11 Å². The molecule has 0 aliphatic heterocycles. The zero-order valence-electron chi connectivity index (χ0n) is 16.4. The summed E-state index contributed by atoms with van der Waals surface area (Å²) in [7, 11) is 1.67. The third-order valence-electron chi connectivity index (χ3n) is 5.94. The van der Waals surface area contributed by atoms with Crippen molar-refractivity contribution in [2.24, 2.45) is 5.92 Å². The maximum atomic E-state index is 12.9. The molecule has 1 saturated carbocycles. The number of aromatic nitrogens is 1. The Balaban J connectivity index is 1.78. The quantitative estimate of drug-likeness (QED) is 0.586. The molecule has 5 rings (SSSR count). The molecule has 28 heavy (non-hydrogen) atoms. The Morgan fingerprint density at radius 3 is 2.68 bits per heavy atom. The Morgan fingerprint density at radius 2 is 2.04 bits per heavy atom. The van der Waals surface area contributed by atoms with Crippen LogP contribution in [-0.2, 0) is 12.8 Å². The number of benzene rings is 1. The lowest BCUT2D eigenvalue weighted by atomic mass is 10.0. The van der Waals surface area contributed by atoms with Crippen LogP contribution < -0.4 is 10.2 Å². The molecule has 0 spiro atoms. The highest BCUT2D eigenvalue weighted by Crippen LogP contribution is 2.45. The van der Waals surface area contributed by atoms with Crippen molar-refractivity contribution < 1.29 is 9.53 Å². The van der Waals surface area contributed by atoms with Gasteiger partial charge in [0.2, 0.25) is 0 Å². The predicted molar refractivity (Wildman–Crippen MR) is 113 cm³/mol. The largest absolute Gasteiger partial charge is 0.494 e. The maximum Gasteiger partial charge on any atom is 0.200 e. The molecular weight excluding hydrogens is 370 g/mol. The smallest absolute Gasteiger partial charge is 0.200 e. The number of thiophene rings is 1. The zero-order valence-corrected chi connectivity index (χ0v) is 17.2. The van der Waals surface area contributed by atoms with Crippen molar-refractivity contribution in [3.63, 3.8) is 0 Å². The second-order valence-electron chi connectivity index (χ2n) is 8.18. The summed E-state index contributed by atoms with van der Waals surface area (Å²) >= 11 is 1.84. The van der Waals surface area contributed by atoms with Crippen molar-refractivity contribution in [2.45, 2.75) is 45.6 Å². The maximum absolute atomic E-state index is 12.9. The van der Waals surface area contributed by atoms with Gasteiger partial charge in [0.1, 0.15) is 0 Å². The van der Waals surface area contributed by atoms with E-state index in [1.807, 2.05) is 23.5 Å². The Morgan fingerprint density at radius 1 is 1.25 bits per heavy atom. The van der Waals surface area contributed by atoms with Gasteiger partial charge in [-0.1, -0.05) is 6.92 Å². The highest BCUT2D eigenvalue weighted by atomic mass is 32.1. The normalized spacial score (nSPS) is 18.5. The number of rotatable bonds is 4. The van der Waals surface area contributed by atoms with Gasteiger partial charge in [0, 0.05) is 27.6 Å². The van der Waals surface area contributed by atoms with E-state index in [1.165, 1.54) is 22.2 Å². The van der Waals surface area contributed by atoms with E-state index in [4.69, 9.17) is 4.74 Å². The molecule has 4 nitrogen and oxygen atoms in total. The molecule has 0 saturated heterocycles. The van der Waals surface area contributed by atoms with Gasteiger partial charge in [-0.2, -0.15) is 0 Å². The fraction of sp³-hybridized carbons (Fsp3) is 0.391. The van der Waals surface area contributed by atoms with Gasteiger partial charge in [-0.15, -0.1) is 11.3 Å². The molecule has 1 unspecified atom stereocenters. The lowest BCUT2D eigenvalue weighted by molar-refractivity contribution is 0.101. The second-order valence-corrected chi connectivity index (χ2v) is 9.32. The number of fused-ring (bicyclic) bond motifs is 2. The Hall–Kier alpha value is -2.40. The van der Waals surface area contributed by atoms with Crippen LogP contribution in [0, 0.1) is 5.92 Å². The molecule has 2 aromatic heterocycles. The van der Waals surface area contributed by atoms with Crippen LogP contribution in [0.2, 0.25) is 0 Å². The van der Waals surface area contributed by atoms with E-state index in [9.17, 15) is 9.59 Å². The Kier molecular flexibility index (Phi) is 3.98. The van der Waals surface area contributed by atoms with Gasteiger partial charge in [-0.3, -0.25) is 9.59 Å². The van der Waals surface area contributed by atoms with Gasteiger partial charge < -0.3 is 9.30 Å². The first kappa shape index (κ1) is 17.7. The summed E-state index contributed by atoms with van der Waals surface area (Å²) < 4.78 is 7.97. The molecule has 0 amide bonds. The molecule has 0 N–H and O–H groups in total. The van der Waals surface area contributed by atoms with Crippen LogP contribution in [0.5, 0.6) is 5.75 Å². The minimum atomic E-state index is -0.202. The molecule has 2 aliphatic rings. The first-order valence-corrected chi connectivity index (χ1v) is 10.7. The van der Waals surface area contributed by atoms with Crippen molar-refractivity contribution in [1.29, 1.82) is 0 Å². The van der Waals surface area contributed by atoms with Crippen LogP contribution in [0.1, 0.15) is 53.5 Å². The van der Waals surface area contributed by atoms with Crippen molar-refractivity contribution in [3.05, 3.63) is 50.6 Å². The highest BCUT2D eigenvalue weighted by molar-refractivity contribution is 7.15. The third-order valence-corrected chi connectivity index (χ3v) is 7.17. The Labute approximate surface area is 167 Å². The number of hydrogen-bond donors (Lipinski definition) is 0.